The topological polar surface area (TPSA) is 180 Å². The third kappa shape index (κ3) is 9.63. The Bertz CT molecular complexity index is 1350. The van der Waals surface area contributed by atoms with E-state index in [1.807, 2.05) is 13.1 Å². The van der Waals surface area contributed by atoms with E-state index in [0.29, 0.717) is 32.4 Å². The minimum absolute atomic E-state index is 0.0286. The van der Waals surface area contributed by atoms with Gasteiger partial charge in [0.05, 0.1) is 36.2 Å². The maximum atomic E-state index is 12.1. The van der Waals surface area contributed by atoms with Gasteiger partial charge in [0, 0.05) is 48.4 Å². The highest BCUT2D eigenvalue weighted by Crippen LogP contribution is 2.46. The Morgan fingerprint density at radius 1 is 1.10 bits per heavy atom. The van der Waals surface area contributed by atoms with Crippen molar-refractivity contribution < 1.29 is 30.1 Å². The van der Waals surface area contributed by atoms with E-state index in [-0.39, 0.29) is 53.7 Å². The van der Waals surface area contributed by atoms with E-state index in [2.05, 4.69) is 52.1 Å². The summed E-state index contributed by atoms with van der Waals surface area (Å²) in [6, 6.07) is 9.53. The molecule has 2 saturated heterocycles. The van der Waals surface area contributed by atoms with Gasteiger partial charge in [-0.3, -0.25) is 5.32 Å². The van der Waals surface area contributed by atoms with Gasteiger partial charge in [-0.1, -0.05) is 69.2 Å². The first kappa shape index (κ1) is 39.7. The van der Waals surface area contributed by atoms with Crippen LogP contribution in [0.2, 0.25) is 0 Å². The fraction of sp³-hybridized carbons (Fsp3) is 0.805. The highest BCUT2D eigenvalue weighted by Gasteiger charge is 2.48. The number of nitrogens with one attached hydrogen (secondary N) is 4. The molecule has 5 aliphatic rings. The number of carbonyl (C=O) groups is 1. The molecule has 1 spiro atoms. The highest BCUT2D eigenvalue weighted by molar-refractivity contribution is 5.65. The lowest BCUT2D eigenvalue weighted by Gasteiger charge is -2.53. The lowest BCUT2D eigenvalue weighted by molar-refractivity contribution is -0.914. The van der Waals surface area contributed by atoms with Crippen LogP contribution in [0, 0.1) is 5.92 Å². The molecule has 9 N–H and O–H groups in total. The summed E-state index contributed by atoms with van der Waals surface area (Å²) in [5, 5.41) is 57.6. The van der Waals surface area contributed by atoms with E-state index < -0.39 is 30.2 Å². The molecule has 4 bridgehead atoms. The van der Waals surface area contributed by atoms with Gasteiger partial charge in [0.15, 0.2) is 6.67 Å². The highest BCUT2D eigenvalue weighted by atomic mass is 16.4. The average molecular weight is 725 g/mol. The van der Waals surface area contributed by atoms with Gasteiger partial charge in [-0.2, -0.15) is 0 Å². The Hall–Kier alpha value is -1.96. The summed E-state index contributed by atoms with van der Waals surface area (Å²) in [5.41, 5.74) is 7.51. The molecule has 11 nitrogen and oxygen atoms in total. The maximum Gasteiger partial charge on any atom is 0.171 e. The van der Waals surface area contributed by atoms with Gasteiger partial charge in [0.25, 0.3) is 0 Å². The zero-order valence-electron chi connectivity index (χ0n) is 31.8. The van der Waals surface area contributed by atoms with E-state index in [4.69, 9.17) is 5.73 Å². The number of fused-ring (bicyclic) bond motifs is 6. The number of carboxylic acids is 1. The molecule has 0 radical (unpaired) electrons. The van der Waals surface area contributed by atoms with Crippen molar-refractivity contribution in [2.24, 2.45) is 16.6 Å². The van der Waals surface area contributed by atoms with Crippen LogP contribution in [-0.2, 0) is 16.6 Å². The predicted octanol–water partition coefficient (Wildman–Crippen LogP) is 0.815. The van der Waals surface area contributed by atoms with Gasteiger partial charge in [-0.05, 0) is 82.3 Å². The molecule has 1 saturated carbocycles. The monoisotopic (exact) mass is 725 g/mol. The fourth-order valence-electron chi connectivity index (χ4n) is 10.8. The molecule has 4 heterocycles. The average Bonchev–Trinajstić information content (AvgIpc) is 3.64. The minimum Gasteiger partial charge on any atom is -0.550 e. The Balaban J connectivity index is 1.29. The number of carboxylic acid groups (broad SMARTS) is 1. The summed E-state index contributed by atoms with van der Waals surface area (Å²) in [4.78, 5) is 17.7. The molecule has 0 aromatic heterocycles. The van der Waals surface area contributed by atoms with Crippen LogP contribution < -0.4 is 31.7 Å². The molecule has 292 valence electrons. The number of rotatable bonds is 6. The molecular formula is C41H68N6O5. The lowest BCUT2D eigenvalue weighted by Crippen LogP contribution is -3.16. The lowest BCUT2D eigenvalue weighted by atomic mass is 9.61. The second-order valence-electron chi connectivity index (χ2n) is 17.9. The number of aliphatic imine (C=N–C) groups is 1. The summed E-state index contributed by atoms with van der Waals surface area (Å²) in [7, 11) is 0. The van der Waals surface area contributed by atoms with E-state index >= 15 is 0 Å². The first-order chi connectivity index (χ1) is 24.9. The van der Waals surface area contributed by atoms with E-state index in [9.17, 15) is 25.2 Å². The van der Waals surface area contributed by atoms with Gasteiger partial charge in [-0.15, -0.1) is 0 Å². The van der Waals surface area contributed by atoms with Crippen LogP contribution in [-0.4, -0.2) is 101 Å². The van der Waals surface area contributed by atoms with Crippen molar-refractivity contribution in [1.29, 1.82) is 0 Å². The third-order valence-corrected chi connectivity index (χ3v) is 13.8. The first-order valence-electron chi connectivity index (χ1n) is 20.6. The summed E-state index contributed by atoms with van der Waals surface area (Å²) in [5.74, 6) is -1.17. The molecule has 0 amide bonds. The Morgan fingerprint density at radius 2 is 1.85 bits per heavy atom. The predicted molar refractivity (Wildman–Crippen MR) is 202 cm³/mol. The smallest absolute Gasteiger partial charge is 0.171 e. The normalized spacial score (nSPS) is 39.7. The zero-order chi connectivity index (χ0) is 36.9. The molecular weight excluding hydrogens is 656 g/mol. The van der Waals surface area contributed by atoms with E-state index in [1.54, 1.807) is 0 Å². The summed E-state index contributed by atoms with van der Waals surface area (Å²) in [6.07, 6.45) is 14.5. The number of aliphatic carboxylic acids is 1. The number of aliphatic hydroxyl groups is 3. The standard InChI is InChI=1S/C41H68N6O5/c1-28-34(48)22-33(47-18-17-43-27-47)32(45-28)21-35(49)30-12-6-3-4-7-14-40(52,25-38(50)51)26-44-39(2)23-36(46-37(42)24-39)41(15-8-5-9-16-41)31-13-10-11-29(19-30)20-31/h10-11,13,17,20,28,30,32-37,44-46,48-49,52H,3-9,12,14-16,18-19,21-27,42H2,1-2H3,(H,50,51). The van der Waals surface area contributed by atoms with Gasteiger partial charge in [0.1, 0.15) is 12.6 Å². The molecule has 3 fully saturated rings. The molecule has 1 aliphatic carbocycles. The molecule has 11 atom stereocenters. The number of carbonyl (C=O) groups excluding carboxylic acids is 1. The number of benzene rings is 1. The maximum absolute atomic E-state index is 12.1. The van der Waals surface area contributed by atoms with Gasteiger partial charge < -0.3 is 46.5 Å². The molecule has 52 heavy (non-hydrogen) atoms. The molecule has 1 aromatic rings. The third-order valence-electron chi connectivity index (χ3n) is 13.8. The number of quaternary nitrogens is 1. The van der Waals surface area contributed by atoms with E-state index in [0.717, 1.165) is 77.2 Å². The van der Waals surface area contributed by atoms with Crippen molar-refractivity contribution in [3.05, 3.63) is 35.4 Å². The van der Waals surface area contributed by atoms with Crippen LogP contribution in [0.25, 0.3) is 0 Å². The van der Waals surface area contributed by atoms with Crippen molar-refractivity contribution >= 4 is 12.2 Å². The summed E-state index contributed by atoms with van der Waals surface area (Å²) < 4.78 is 0. The Labute approximate surface area is 311 Å². The number of nitrogens with two attached hydrogens (primary N) is 1. The Kier molecular flexibility index (Phi) is 13.2. The van der Waals surface area contributed by atoms with Crippen molar-refractivity contribution in [3.63, 3.8) is 0 Å². The fourth-order valence-corrected chi connectivity index (χ4v) is 10.8. The van der Waals surface area contributed by atoms with Crippen LogP contribution in [0.15, 0.2) is 29.3 Å². The van der Waals surface area contributed by atoms with Crippen molar-refractivity contribution in [1.82, 2.24) is 16.0 Å². The van der Waals surface area contributed by atoms with Crippen LogP contribution >= 0.6 is 0 Å². The first-order valence-corrected chi connectivity index (χ1v) is 20.6. The molecule has 4 aliphatic heterocycles. The summed E-state index contributed by atoms with van der Waals surface area (Å²) in [6.45, 7) is 5.98. The quantitative estimate of drug-likeness (QED) is 0.211. The van der Waals surface area contributed by atoms with Gasteiger partial charge in [-0.25, -0.2) is 4.99 Å². The van der Waals surface area contributed by atoms with Crippen molar-refractivity contribution in [2.45, 2.75) is 182 Å². The van der Waals surface area contributed by atoms with E-state index in [1.165, 1.54) is 22.4 Å². The Morgan fingerprint density at radius 3 is 2.60 bits per heavy atom. The second kappa shape index (κ2) is 17.2. The van der Waals surface area contributed by atoms with Crippen LogP contribution in [0.3, 0.4) is 0 Å². The number of hydrogen-bond donors (Lipinski definition) is 8. The van der Waals surface area contributed by atoms with Crippen molar-refractivity contribution in [3.8, 4) is 0 Å². The summed E-state index contributed by atoms with van der Waals surface area (Å²) >= 11 is 0. The van der Waals surface area contributed by atoms with Crippen LogP contribution in [0.1, 0.15) is 128 Å². The second-order valence-corrected chi connectivity index (χ2v) is 17.9. The number of hydrogen-bond acceptors (Lipinski definition) is 10. The largest absolute Gasteiger partial charge is 0.550 e. The molecule has 6 rings (SSSR count). The molecule has 11 unspecified atom stereocenters. The number of piperidine rings is 2. The van der Waals surface area contributed by atoms with Crippen LogP contribution in [0.4, 0.5) is 0 Å². The number of β-amino-alcohol motifs (C(OH)–C–C–N with tert-alkyl or cyclic N) is 1. The zero-order valence-corrected chi connectivity index (χ0v) is 31.8. The molecule has 11 heteroatoms. The minimum atomic E-state index is -1.40. The number of nitrogens with zero attached hydrogens (tertiary/aromatic N) is 1. The SMILES string of the molecule is CC1NC(CC(O)C2CCCCCCC(O)(CC(=O)[O-])CNC3(C)CC(N)NC(C3)C3(CCCCC3)c3cccc(c3)C2)C([NH+]2CC=NC2)CC1O. The van der Waals surface area contributed by atoms with Crippen LogP contribution in [0.5, 0.6) is 0 Å². The van der Waals surface area contributed by atoms with Gasteiger partial charge in [0.2, 0.25) is 0 Å². The van der Waals surface area contributed by atoms with Gasteiger partial charge >= 0.3 is 0 Å². The van der Waals surface area contributed by atoms with Crippen molar-refractivity contribution in [2.75, 3.05) is 19.8 Å². The molecule has 1 aromatic carbocycles. The number of aliphatic hydroxyl groups excluding tert-OH is 2.